The molecule has 3 aromatic carbocycles. The highest BCUT2D eigenvalue weighted by molar-refractivity contribution is 7.13. The SMILES string of the molecule is O=C1c2ccccc2-c2nsc3ccc(Nc4ccccc4COCCO)c1c23. The lowest BCUT2D eigenvalue weighted by Gasteiger charge is -2.20. The molecule has 1 aliphatic rings. The molecule has 144 valence electrons. The third kappa shape index (κ3) is 3.02. The standard InChI is InChI=1S/C23H18N2O3S/c26-11-12-28-13-14-5-1-4-8-17(14)24-18-9-10-19-21-20(18)23(27)16-7-3-2-6-15(16)22(21)25-29-19/h1-10,24,26H,11-13H2. The van der Waals surface area contributed by atoms with Crippen molar-refractivity contribution in [2.45, 2.75) is 6.61 Å². The van der Waals surface area contributed by atoms with Gasteiger partial charge in [0.15, 0.2) is 5.78 Å². The molecule has 6 heteroatoms. The van der Waals surface area contributed by atoms with Crippen LogP contribution in [0.2, 0.25) is 0 Å². The highest BCUT2D eigenvalue weighted by atomic mass is 32.1. The highest BCUT2D eigenvalue weighted by Crippen LogP contribution is 2.43. The largest absolute Gasteiger partial charge is 0.394 e. The normalized spacial score (nSPS) is 12.2. The van der Waals surface area contributed by atoms with Crippen molar-refractivity contribution in [2.75, 3.05) is 18.5 Å². The van der Waals surface area contributed by atoms with E-state index >= 15 is 0 Å². The first kappa shape index (κ1) is 18.0. The van der Waals surface area contributed by atoms with Gasteiger partial charge in [-0.15, -0.1) is 0 Å². The monoisotopic (exact) mass is 402 g/mol. The highest BCUT2D eigenvalue weighted by Gasteiger charge is 2.29. The zero-order chi connectivity index (χ0) is 19.8. The minimum atomic E-state index is -0.0156. The van der Waals surface area contributed by atoms with Crippen molar-refractivity contribution in [1.82, 2.24) is 4.37 Å². The molecule has 0 fully saturated rings. The van der Waals surface area contributed by atoms with Gasteiger partial charge in [0, 0.05) is 27.8 Å². The molecule has 1 aromatic heterocycles. The second-order valence-corrected chi connectivity index (χ2v) is 7.63. The zero-order valence-electron chi connectivity index (χ0n) is 15.5. The molecule has 29 heavy (non-hydrogen) atoms. The number of aromatic nitrogens is 1. The van der Waals surface area contributed by atoms with Crippen LogP contribution < -0.4 is 5.32 Å². The molecular weight excluding hydrogens is 384 g/mol. The van der Waals surface area contributed by atoms with Crippen molar-refractivity contribution in [1.29, 1.82) is 0 Å². The number of benzene rings is 3. The Balaban J connectivity index is 1.61. The number of aliphatic hydroxyl groups is 1. The third-order valence-electron chi connectivity index (χ3n) is 5.07. The number of ether oxygens (including phenoxy) is 1. The predicted molar refractivity (Wildman–Crippen MR) is 115 cm³/mol. The van der Waals surface area contributed by atoms with Gasteiger partial charge < -0.3 is 15.2 Å². The molecule has 0 aliphatic heterocycles. The summed E-state index contributed by atoms with van der Waals surface area (Å²) in [6.07, 6.45) is 0. The first-order valence-electron chi connectivity index (χ1n) is 9.38. The van der Waals surface area contributed by atoms with E-state index in [0.29, 0.717) is 17.7 Å². The molecule has 5 nitrogen and oxygen atoms in total. The molecule has 0 amide bonds. The molecule has 5 rings (SSSR count). The van der Waals surface area contributed by atoms with E-state index in [1.807, 2.05) is 60.7 Å². The fraction of sp³-hybridized carbons (Fsp3) is 0.130. The molecule has 2 N–H and O–H groups in total. The molecule has 1 heterocycles. The summed E-state index contributed by atoms with van der Waals surface area (Å²) >= 11 is 1.42. The summed E-state index contributed by atoms with van der Waals surface area (Å²) in [4.78, 5) is 13.4. The maximum absolute atomic E-state index is 13.4. The molecule has 0 atom stereocenters. The van der Waals surface area contributed by atoms with Crippen LogP contribution in [0.25, 0.3) is 21.3 Å². The summed E-state index contributed by atoms with van der Waals surface area (Å²) in [6.45, 7) is 0.645. The lowest BCUT2D eigenvalue weighted by atomic mass is 9.86. The van der Waals surface area contributed by atoms with Gasteiger partial charge in [-0.25, -0.2) is 0 Å². The number of carbonyl (C=O) groups excluding carboxylic acids is 1. The number of hydrogen-bond acceptors (Lipinski definition) is 6. The second-order valence-electron chi connectivity index (χ2n) is 6.83. The summed E-state index contributed by atoms with van der Waals surface area (Å²) in [7, 11) is 0. The average molecular weight is 402 g/mol. The lowest BCUT2D eigenvalue weighted by molar-refractivity contribution is 0.0818. The Morgan fingerprint density at radius 1 is 0.966 bits per heavy atom. The van der Waals surface area contributed by atoms with Crippen LogP contribution in [0, 0.1) is 0 Å². The zero-order valence-corrected chi connectivity index (χ0v) is 16.3. The van der Waals surface area contributed by atoms with Crippen LogP contribution in [-0.2, 0) is 11.3 Å². The number of aliphatic hydroxyl groups excluding tert-OH is 1. The molecule has 0 spiro atoms. The smallest absolute Gasteiger partial charge is 0.196 e. The molecule has 0 saturated heterocycles. The molecule has 0 saturated carbocycles. The van der Waals surface area contributed by atoms with E-state index in [0.717, 1.165) is 38.3 Å². The van der Waals surface area contributed by atoms with Gasteiger partial charge in [-0.05, 0) is 29.7 Å². The average Bonchev–Trinajstić information content (AvgIpc) is 3.18. The van der Waals surface area contributed by atoms with E-state index in [1.54, 1.807) is 0 Å². The van der Waals surface area contributed by atoms with Crippen molar-refractivity contribution in [2.24, 2.45) is 0 Å². The number of nitrogens with zero attached hydrogens (tertiary/aromatic N) is 1. The van der Waals surface area contributed by atoms with Gasteiger partial charge in [-0.2, -0.15) is 4.37 Å². The van der Waals surface area contributed by atoms with E-state index in [9.17, 15) is 4.79 Å². The Morgan fingerprint density at radius 2 is 1.76 bits per heavy atom. The first-order chi connectivity index (χ1) is 14.3. The number of ketones is 1. The number of nitrogens with one attached hydrogen (secondary N) is 1. The van der Waals surface area contributed by atoms with Gasteiger partial charge >= 0.3 is 0 Å². The molecule has 0 bridgehead atoms. The van der Waals surface area contributed by atoms with E-state index in [4.69, 9.17) is 9.84 Å². The molecule has 0 radical (unpaired) electrons. The quantitative estimate of drug-likeness (QED) is 0.401. The summed E-state index contributed by atoms with van der Waals surface area (Å²) in [5.41, 5.74) is 5.70. The van der Waals surface area contributed by atoms with E-state index in [1.165, 1.54) is 11.5 Å². The maximum Gasteiger partial charge on any atom is 0.196 e. The van der Waals surface area contributed by atoms with E-state index < -0.39 is 0 Å². The van der Waals surface area contributed by atoms with Crippen LogP contribution in [0.1, 0.15) is 21.5 Å². The number of para-hydroxylation sites is 1. The fourth-order valence-corrected chi connectivity index (χ4v) is 4.54. The van der Waals surface area contributed by atoms with Gasteiger partial charge in [-0.3, -0.25) is 4.79 Å². The third-order valence-corrected chi connectivity index (χ3v) is 5.88. The van der Waals surface area contributed by atoms with E-state index in [-0.39, 0.29) is 19.0 Å². The molecule has 1 aliphatic carbocycles. The second kappa shape index (κ2) is 7.40. The molecule has 4 aromatic rings. The number of fused-ring (bicyclic) bond motifs is 2. The summed E-state index contributed by atoms with van der Waals surface area (Å²) in [5, 5.41) is 13.3. The van der Waals surface area contributed by atoms with Gasteiger partial charge in [-0.1, -0.05) is 42.5 Å². The first-order valence-corrected chi connectivity index (χ1v) is 10.2. The van der Waals surface area contributed by atoms with Crippen LogP contribution in [-0.4, -0.2) is 28.5 Å². The Morgan fingerprint density at radius 3 is 2.62 bits per heavy atom. The van der Waals surface area contributed by atoms with Crippen LogP contribution in [0.4, 0.5) is 11.4 Å². The van der Waals surface area contributed by atoms with Crippen molar-refractivity contribution >= 4 is 38.8 Å². The van der Waals surface area contributed by atoms with Crippen molar-refractivity contribution in [3.8, 4) is 11.3 Å². The van der Waals surface area contributed by atoms with Crippen LogP contribution >= 0.6 is 11.5 Å². The Bertz CT molecular complexity index is 1230. The lowest BCUT2D eigenvalue weighted by Crippen LogP contribution is -2.12. The summed E-state index contributed by atoms with van der Waals surface area (Å²) < 4.78 is 11.1. The minimum Gasteiger partial charge on any atom is -0.394 e. The molecular formula is C23H18N2O3S. The Labute approximate surface area is 171 Å². The van der Waals surface area contributed by atoms with Gasteiger partial charge in [0.05, 0.1) is 41.5 Å². The van der Waals surface area contributed by atoms with Crippen LogP contribution in [0.15, 0.2) is 60.7 Å². The van der Waals surface area contributed by atoms with Crippen molar-refractivity contribution in [3.05, 3.63) is 77.4 Å². The number of hydrogen-bond donors (Lipinski definition) is 2. The summed E-state index contributed by atoms with van der Waals surface area (Å²) in [6, 6.07) is 19.4. The van der Waals surface area contributed by atoms with Crippen LogP contribution in [0.5, 0.6) is 0 Å². The topological polar surface area (TPSA) is 71.5 Å². The Kier molecular flexibility index (Phi) is 4.60. The van der Waals surface area contributed by atoms with Crippen molar-refractivity contribution < 1.29 is 14.6 Å². The maximum atomic E-state index is 13.4. The Hall–Kier alpha value is -3.06. The predicted octanol–water partition coefficient (Wildman–Crippen LogP) is 4.76. The van der Waals surface area contributed by atoms with E-state index in [2.05, 4.69) is 9.69 Å². The summed E-state index contributed by atoms with van der Waals surface area (Å²) in [5.74, 6) is 0.00964. The van der Waals surface area contributed by atoms with Crippen LogP contribution in [0.3, 0.4) is 0 Å². The fourth-order valence-electron chi connectivity index (χ4n) is 3.74. The van der Waals surface area contributed by atoms with Crippen molar-refractivity contribution in [3.63, 3.8) is 0 Å². The van der Waals surface area contributed by atoms with Gasteiger partial charge in [0.25, 0.3) is 0 Å². The number of carbonyl (C=O) groups is 1. The number of anilines is 2. The van der Waals surface area contributed by atoms with Gasteiger partial charge in [0.2, 0.25) is 0 Å². The van der Waals surface area contributed by atoms with Gasteiger partial charge in [0.1, 0.15) is 0 Å². The molecule has 0 unspecified atom stereocenters. The number of rotatable bonds is 6. The minimum absolute atomic E-state index is 0.00964.